The summed E-state index contributed by atoms with van der Waals surface area (Å²) < 4.78 is 26.9. The summed E-state index contributed by atoms with van der Waals surface area (Å²) in [6.07, 6.45) is 1.46. The predicted molar refractivity (Wildman–Crippen MR) is 104 cm³/mol. The Hall–Kier alpha value is -2.44. The molecule has 0 spiro atoms. The Labute approximate surface area is 155 Å². The second-order valence-corrected chi connectivity index (χ2v) is 7.94. The van der Waals surface area contributed by atoms with Gasteiger partial charge in [-0.05, 0) is 37.6 Å². The molecule has 0 aliphatic carbocycles. The predicted octanol–water partition coefficient (Wildman–Crippen LogP) is 3.29. The zero-order valence-electron chi connectivity index (χ0n) is 15.3. The van der Waals surface area contributed by atoms with Gasteiger partial charge >= 0.3 is 0 Å². The lowest BCUT2D eigenvalue weighted by Crippen LogP contribution is -2.30. The number of nitrogens with zero attached hydrogens (tertiary/aromatic N) is 1. The maximum Gasteiger partial charge on any atom is 0.254 e. The van der Waals surface area contributed by atoms with Crippen LogP contribution in [0.4, 0.5) is 0 Å². The molecule has 1 amide bonds. The first-order chi connectivity index (χ1) is 12.3. The largest absolute Gasteiger partial charge is 0.335 e. The lowest BCUT2D eigenvalue weighted by molar-refractivity contribution is 0.0742. The summed E-state index contributed by atoms with van der Waals surface area (Å²) in [5, 5.41) is 0. The number of amides is 1. The third-order valence-electron chi connectivity index (χ3n) is 4.27. The van der Waals surface area contributed by atoms with Gasteiger partial charge < -0.3 is 4.90 Å². The second-order valence-electron chi connectivity index (χ2n) is 6.17. The molecular weight excluding hydrogens is 348 g/mol. The van der Waals surface area contributed by atoms with Gasteiger partial charge in [-0.25, -0.2) is 13.1 Å². The Morgan fingerprint density at radius 2 is 1.88 bits per heavy atom. The van der Waals surface area contributed by atoms with Crippen molar-refractivity contribution in [2.75, 3.05) is 13.6 Å². The first kappa shape index (κ1) is 19.9. The molecule has 0 aliphatic rings. The molecular formula is C20H24N2O3S. The summed E-state index contributed by atoms with van der Waals surface area (Å²) in [5.74, 6) is -0.237. The van der Waals surface area contributed by atoms with E-state index in [-0.39, 0.29) is 23.4 Å². The molecule has 2 rings (SSSR count). The average molecular weight is 372 g/mol. The van der Waals surface area contributed by atoms with Crippen LogP contribution < -0.4 is 4.72 Å². The van der Waals surface area contributed by atoms with E-state index in [2.05, 4.69) is 11.3 Å². The fourth-order valence-corrected chi connectivity index (χ4v) is 3.54. The summed E-state index contributed by atoms with van der Waals surface area (Å²) in [6.45, 7) is 7.57. The van der Waals surface area contributed by atoms with Gasteiger partial charge in [0.15, 0.2) is 0 Å². The van der Waals surface area contributed by atoms with Gasteiger partial charge in [-0.3, -0.25) is 4.79 Å². The van der Waals surface area contributed by atoms with Crippen LogP contribution in [0.5, 0.6) is 0 Å². The van der Waals surface area contributed by atoms with Crippen molar-refractivity contribution in [2.45, 2.75) is 24.8 Å². The van der Waals surface area contributed by atoms with Crippen molar-refractivity contribution in [3.63, 3.8) is 0 Å². The van der Waals surface area contributed by atoms with Crippen LogP contribution in [-0.2, 0) is 10.0 Å². The molecule has 0 heterocycles. The second kappa shape index (κ2) is 8.29. The molecule has 0 saturated heterocycles. The van der Waals surface area contributed by atoms with Crippen molar-refractivity contribution in [3.05, 3.63) is 77.9 Å². The highest BCUT2D eigenvalue weighted by Gasteiger charge is 2.21. The van der Waals surface area contributed by atoms with Crippen molar-refractivity contribution >= 4 is 15.9 Å². The fraction of sp³-hybridized carbons (Fsp3) is 0.250. The minimum atomic E-state index is -3.67. The van der Waals surface area contributed by atoms with E-state index in [0.29, 0.717) is 5.56 Å². The quantitative estimate of drug-likeness (QED) is 0.759. The molecule has 0 aliphatic heterocycles. The first-order valence-corrected chi connectivity index (χ1v) is 9.79. The van der Waals surface area contributed by atoms with Crippen molar-refractivity contribution in [1.82, 2.24) is 9.62 Å². The third-order valence-corrected chi connectivity index (χ3v) is 5.69. The van der Waals surface area contributed by atoms with Gasteiger partial charge in [0.1, 0.15) is 0 Å². The molecule has 2 aromatic rings. The molecule has 0 radical (unpaired) electrons. The number of rotatable bonds is 7. The molecule has 0 fully saturated rings. The van der Waals surface area contributed by atoms with E-state index < -0.39 is 10.0 Å². The van der Waals surface area contributed by atoms with Crippen molar-refractivity contribution in [3.8, 4) is 0 Å². The van der Waals surface area contributed by atoms with Crippen molar-refractivity contribution < 1.29 is 13.2 Å². The smallest absolute Gasteiger partial charge is 0.254 e. The van der Waals surface area contributed by atoms with E-state index in [4.69, 9.17) is 0 Å². The van der Waals surface area contributed by atoms with E-state index >= 15 is 0 Å². The highest BCUT2D eigenvalue weighted by atomic mass is 32.2. The van der Waals surface area contributed by atoms with Gasteiger partial charge in [-0.2, -0.15) is 0 Å². The van der Waals surface area contributed by atoms with Crippen LogP contribution in [0.25, 0.3) is 0 Å². The van der Waals surface area contributed by atoms with Gasteiger partial charge in [0.05, 0.1) is 10.9 Å². The molecule has 0 aromatic heterocycles. The number of hydrogen-bond donors (Lipinski definition) is 1. The molecule has 1 N–H and O–H groups in total. The molecule has 1 atom stereocenters. The van der Waals surface area contributed by atoms with Gasteiger partial charge in [0, 0.05) is 19.2 Å². The van der Waals surface area contributed by atoms with Crippen LogP contribution in [-0.4, -0.2) is 32.8 Å². The van der Waals surface area contributed by atoms with Crippen LogP contribution in [0.2, 0.25) is 0 Å². The molecule has 0 saturated carbocycles. The Balaban J connectivity index is 2.24. The highest BCUT2D eigenvalue weighted by Crippen LogP contribution is 2.22. The lowest BCUT2D eigenvalue weighted by Gasteiger charge is -2.25. The SMILES string of the molecule is C=CCNS(=O)(=O)c1cccc(C(=O)N(C)C(C)c2ccc(C)cc2)c1. The Morgan fingerprint density at radius 3 is 2.50 bits per heavy atom. The number of carbonyl (C=O) groups excluding carboxylic acids is 1. The summed E-state index contributed by atoms with van der Waals surface area (Å²) >= 11 is 0. The minimum Gasteiger partial charge on any atom is -0.335 e. The molecule has 2 aromatic carbocycles. The molecule has 138 valence electrons. The Morgan fingerprint density at radius 1 is 1.23 bits per heavy atom. The zero-order valence-corrected chi connectivity index (χ0v) is 16.1. The average Bonchev–Trinajstić information content (AvgIpc) is 2.65. The van der Waals surface area contributed by atoms with Crippen LogP contribution in [0, 0.1) is 6.92 Å². The van der Waals surface area contributed by atoms with E-state index in [9.17, 15) is 13.2 Å². The number of nitrogens with one attached hydrogen (secondary N) is 1. The van der Waals surface area contributed by atoms with Crippen molar-refractivity contribution in [2.24, 2.45) is 0 Å². The Kier molecular flexibility index (Phi) is 6.34. The highest BCUT2D eigenvalue weighted by molar-refractivity contribution is 7.89. The monoisotopic (exact) mass is 372 g/mol. The number of benzene rings is 2. The third kappa shape index (κ3) is 4.59. The van der Waals surface area contributed by atoms with Gasteiger partial charge in [-0.15, -0.1) is 6.58 Å². The molecule has 5 nitrogen and oxygen atoms in total. The van der Waals surface area contributed by atoms with Gasteiger partial charge in [0.25, 0.3) is 5.91 Å². The number of aryl methyl sites for hydroxylation is 1. The maximum atomic E-state index is 12.8. The first-order valence-electron chi connectivity index (χ1n) is 8.30. The standard InChI is InChI=1S/C20H24N2O3S/c1-5-13-21-26(24,25)19-8-6-7-18(14-19)20(23)22(4)16(3)17-11-9-15(2)10-12-17/h5-12,14,16,21H,1,13H2,2-4H3. The zero-order chi connectivity index (χ0) is 19.3. The molecule has 0 bridgehead atoms. The summed E-state index contributed by atoms with van der Waals surface area (Å²) in [4.78, 5) is 14.5. The topological polar surface area (TPSA) is 66.5 Å². The lowest BCUT2D eigenvalue weighted by atomic mass is 10.0. The van der Waals surface area contributed by atoms with Crippen LogP contribution >= 0.6 is 0 Å². The van der Waals surface area contributed by atoms with E-state index in [1.54, 1.807) is 24.1 Å². The van der Waals surface area contributed by atoms with Crippen LogP contribution in [0.1, 0.15) is 34.5 Å². The fourth-order valence-electron chi connectivity index (χ4n) is 2.50. The van der Waals surface area contributed by atoms with E-state index in [1.807, 2.05) is 38.1 Å². The summed E-state index contributed by atoms with van der Waals surface area (Å²) in [6, 6.07) is 13.9. The summed E-state index contributed by atoms with van der Waals surface area (Å²) in [5.41, 5.74) is 2.50. The number of hydrogen-bond acceptors (Lipinski definition) is 3. The Bertz CT molecular complexity index is 890. The van der Waals surface area contributed by atoms with E-state index in [1.165, 1.54) is 18.2 Å². The molecule has 26 heavy (non-hydrogen) atoms. The number of carbonyl (C=O) groups is 1. The summed E-state index contributed by atoms with van der Waals surface area (Å²) in [7, 11) is -1.96. The molecule has 6 heteroatoms. The van der Waals surface area contributed by atoms with Crippen LogP contribution in [0.15, 0.2) is 66.1 Å². The normalized spacial score (nSPS) is 12.4. The van der Waals surface area contributed by atoms with Crippen LogP contribution in [0.3, 0.4) is 0 Å². The number of sulfonamides is 1. The van der Waals surface area contributed by atoms with Crippen molar-refractivity contribution in [1.29, 1.82) is 0 Å². The minimum absolute atomic E-state index is 0.0570. The van der Waals surface area contributed by atoms with Gasteiger partial charge in [-0.1, -0.05) is 42.0 Å². The van der Waals surface area contributed by atoms with Gasteiger partial charge in [0.2, 0.25) is 10.0 Å². The van der Waals surface area contributed by atoms with E-state index in [0.717, 1.165) is 11.1 Å². The molecule has 1 unspecified atom stereocenters. The maximum absolute atomic E-state index is 12.8.